The highest BCUT2D eigenvalue weighted by atomic mass is 19.1. The van der Waals surface area contributed by atoms with Gasteiger partial charge in [0.2, 0.25) is 0 Å². The number of ether oxygens (including phenoxy) is 1. The fourth-order valence-corrected chi connectivity index (χ4v) is 5.34. The fourth-order valence-electron chi connectivity index (χ4n) is 5.34. The molecule has 150 valence electrons. The lowest BCUT2D eigenvalue weighted by Gasteiger charge is -2.47. The molecule has 1 heterocycles. The summed E-state index contributed by atoms with van der Waals surface area (Å²) >= 11 is 0. The fraction of sp³-hybridized carbons (Fsp3) is 0.500. The molecule has 4 rings (SSSR count). The van der Waals surface area contributed by atoms with Crippen LogP contribution in [0.3, 0.4) is 0 Å². The third-order valence-electron chi connectivity index (χ3n) is 7.00. The minimum Gasteiger partial charge on any atom is -0.497 e. The summed E-state index contributed by atoms with van der Waals surface area (Å²) in [7, 11) is 3.77. The smallest absolute Gasteiger partial charge is 0.126 e. The zero-order valence-corrected chi connectivity index (χ0v) is 17.3. The zero-order chi connectivity index (χ0) is 20.1. The van der Waals surface area contributed by atoms with Gasteiger partial charge in [0.15, 0.2) is 0 Å². The van der Waals surface area contributed by atoms with Crippen molar-refractivity contribution in [3.05, 3.63) is 53.3 Å². The first-order chi connectivity index (χ1) is 13.3. The second-order valence-corrected chi connectivity index (χ2v) is 9.08. The van der Waals surface area contributed by atoms with Gasteiger partial charge in [0.25, 0.3) is 0 Å². The Balaban J connectivity index is 1.88. The first-order valence-corrected chi connectivity index (χ1v) is 10.1. The second-order valence-electron chi connectivity index (χ2n) is 9.08. The Morgan fingerprint density at radius 3 is 2.32 bits per heavy atom. The van der Waals surface area contributed by atoms with Gasteiger partial charge in [-0.15, -0.1) is 0 Å². The van der Waals surface area contributed by atoms with Crippen molar-refractivity contribution in [2.45, 2.75) is 38.7 Å². The summed E-state index contributed by atoms with van der Waals surface area (Å²) in [6, 6.07) is 11.2. The summed E-state index contributed by atoms with van der Waals surface area (Å²) in [4.78, 5) is 2.30. The second kappa shape index (κ2) is 6.85. The molecule has 3 nitrogen and oxygen atoms in total. The molecule has 0 bridgehead atoms. The Hall–Kier alpha value is -1.91. The highest BCUT2D eigenvalue weighted by Gasteiger charge is 2.57. The van der Waals surface area contributed by atoms with E-state index in [1.807, 2.05) is 30.3 Å². The molecule has 2 aromatic carbocycles. The van der Waals surface area contributed by atoms with Gasteiger partial charge in [0.05, 0.1) is 12.7 Å². The number of hydrogen-bond donors (Lipinski definition) is 1. The van der Waals surface area contributed by atoms with Crippen LogP contribution in [0.4, 0.5) is 4.39 Å². The first-order valence-electron chi connectivity index (χ1n) is 10.1. The predicted molar refractivity (Wildman–Crippen MR) is 110 cm³/mol. The average Bonchev–Trinajstić information content (AvgIpc) is 2.91. The number of benzene rings is 2. The van der Waals surface area contributed by atoms with Gasteiger partial charge in [0.1, 0.15) is 11.6 Å². The lowest BCUT2D eigenvalue weighted by molar-refractivity contribution is -0.121. The molecule has 4 heteroatoms. The summed E-state index contributed by atoms with van der Waals surface area (Å²) < 4.78 is 20.2. The van der Waals surface area contributed by atoms with E-state index >= 15 is 0 Å². The van der Waals surface area contributed by atoms with Crippen molar-refractivity contribution in [2.24, 2.45) is 11.3 Å². The van der Waals surface area contributed by atoms with Crippen LogP contribution >= 0.6 is 0 Å². The Bertz CT molecular complexity index is 869. The molecule has 28 heavy (non-hydrogen) atoms. The van der Waals surface area contributed by atoms with Gasteiger partial charge in [-0.05, 0) is 85.8 Å². The van der Waals surface area contributed by atoms with Gasteiger partial charge in [-0.25, -0.2) is 4.39 Å². The van der Waals surface area contributed by atoms with Gasteiger partial charge in [-0.2, -0.15) is 0 Å². The minimum atomic E-state index is -1.04. The van der Waals surface area contributed by atoms with E-state index in [9.17, 15) is 9.50 Å². The van der Waals surface area contributed by atoms with Crippen molar-refractivity contribution in [1.82, 2.24) is 4.90 Å². The molecule has 0 aromatic heterocycles. The molecule has 2 aliphatic rings. The Morgan fingerprint density at radius 2 is 1.71 bits per heavy atom. The molecule has 1 N–H and O–H groups in total. The molecule has 0 amide bonds. The van der Waals surface area contributed by atoms with E-state index in [1.54, 1.807) is 13.2 Å². The first kappa shape index (κ1) is 19.4. The Morgan fingerprint density at radius 1 is 1.07 bits per heavy atom. The van der Waals surface area contributed by atoms with Crippen LogP contribution in [0.25, 0.3) is 11.1 Å². The van der Waals surface area contributed by atoms with Gasteiger partial charge in [-0.1, -0.05) is 32.0 Å². The Labute approximate surface area is 167 Å². The maximum atomic E-state index is 14.9. The number of likely N-dealkylation sites (tertiary alicyclic amines) is 1. The monoisotopic (exact) mass is 383 g/mol. The third kappa shape index (κ3) is 2.85. The quantitative estimate of drug-likeness (QED) is 0.840. The van der Waals surface area contributed by atoms with E-state index in [0.29, 0.717) is 12.0 Å². The van der Waals surface area contributed by atoms with E-state index in [0.717, 1.165) is 48.4 Å². The molecule has 2 aromatic rings. The van der Waals surface area contributed by atoms with Crippen LogP contribution in [0.15, 0.2) is 36.4 Å². The summed E-state index contributed by atoms with van der Waals surface area (Å²) in [5.41, 5.74) is 1.95. The molecular formula is C24H30FNO2. The third-order valence-corrected chi connectivity index (χ3v) is 7.00. The maximum absolute atomic E-state index is 14.9. The van der Waals surface area contributed by atoms with E-state index in [2.05, 4.69) is 25.8 Å². The number of nitrogens with zero attached hydrogens (tertiary/aromatic N) is 1. The van der Waals surface area contributed by atoms with Crippen LogP contribution in [-0.2, 0) is 12.0 Å². The SMILES string of the molecule is COc1ccc(-c2ccc(F)c3c2C(O)(C2CCN(C)CC2)C(C)(C)C3)cc1. The minimum absolute atomic E-state index is 0.124. The number of hydrogen-bond acceptors (Lipinski definition) is 3. The van der Waals surface area contributed by atoms with Crippen molar-refractivity contribution in [2.75, 3.05) is 27.2 Å². The van der Waals surface area contributed by atoms with Crippen molar-refractivity contribution >= 4 is 0 Å². The summed E-state index contributed by atoms with van der Waals surface area (Å²) in [5.74, 6) is 0.705. The van der Waals surface area contributed by atoms with E-state index in [1.165, 1.54) is 0 Å². The normalized spacial score (nSPS) is 24.9. The van der Waals surface area contributed by atoms with Gasteiger partial charge in [-0.3, -0.25) is 0 Å². The van der Waals surface area contributed by atoms with Crippen molar-refractivity contribution in [1.29, 1.82) is 0 Å². The zero-order valence-electron chi connectivity index (χ0n) is 17.3. The number of piperidine rings is 1. The lowest BCUT2D eigenvalue weighted by Crippen LogP contribution is -2.49. The van der Waals surface area contributed by atoms with Crippen LogP contribution in [0.2, 0.25) is 0 Å². The van der Waals surface area contributed by atoms with Crippen LogP contribution in [0.1, 0.15) is 37.8 Å². The van der Waals surface area contributed by atoms with E-state index < -0.39 is 11.0 Å². The van der Waals surface area contributed by atoms with Crippen molar-refractivity contribution in [3.63, 3.8) is 0 Å². The van der Waals surface area contributed by atoms with Crippen LogP contribution < -0.4 is 4.74 Å². The van der Waals surface area contributed by atoms with Crippen molar-refractivity contribution < 1.29 is 14.2 Å². The maximum Gasteiger partial charge on any atom is 0.126 e. The number of rotatable bonds is 3. The standard InChI is InChI=1S/C24H30FNO2/c1-23(2)15-20-21(25)10-9-19(16-5-7-18(28-4)8-6-16)22(20)24(23,27)17-11-13-26(3)14-12-17/h5-10,17,27H,11-15H2,1-4H3. The summed E-state index contributed by atoms with van der Waals surface area (Å²) in [6.45, 7) is 6.10. The van der Waals surface area contributed by atoms with Crippen LogP contribution in [-0.4, -0.2) is 37.3 Å². The summed E-state index contributed by atoms with van der Waals surface area (Å²) in [5, 5.41) is 12.2. The van der Waals surface area contributed by atoms with E-state index in [-0.39, 0.29) is 11.7 Å². The van der Waals surface area contributed by atoms with E-state index in [4.69, 9.17) is 4.74 Å². The molecule has 1 atom stereocenters. The molecule has 1 fully saturated rings. The highest BCUT2D eigenvalue weighted by Crippen LogP contribution is 2.58. The number of aliphatic hydroxyl groups is 1. The van der Waals surface area contributed by atoms with Crippen molar-refractivity contribution in [3.8, 4) is 16.9 Å². The Kier molecular flexibility index (Phi) is 4.75. The molecule has 0 spiro atoms. The lowest BCUT2D eigenvalue weighted by atomic mass is 9.64. The predicted octanol–water partition coefficient (Wildman–Crippen LogP) is 4.61. The van der Waals surface area contributed by atoms with Gasteiger partial charge in [0, 0.05) is 5.41 Å². The largest absolute Gasteiger partial charge is 0.497 e. The molecular weight excluding hydrogens is 353 g/mol. The number of methoxy groups -OCH3 is 1. The number of halogens is 1. The average molecular weight is 384 g/mol. The number of fused-ring (bicyclic) bond motifs is 1. The highest BCUT2D eigenvalue weighted by molar-refractivity contribution is 5.72. The topological polar surface area (TPSA) is 32.7 Å². The van der Waals surface area contributed by atoms with Crippen LogP contribution in [0, 0.1) is 17.2 Å². The molecule has 1 unspecified atom stereocenters. The molecule has 1 aliphatic carbocycles. The van der Waals surface area contributed by atoms with Gasteiger partial charge >= 0.3 is 0 Å². The van der Waals surface area contributed by atoms with Gasteiger partial charge < -0.3 is 14.7 Å². The van der Waals surface area contributed by atoms with Crippen LogP contribution in [0.5, 0.6) is 5.75 Å². The molecule has 0 saturated carbocycles. The molecule has 0 radical (unpaired) electrons. The summed E-state index contributed by atoms with van der Waals surface area (Å²) in [6.07, 6.45) is 2.41. The molecule has 1 saturated heterocycles. The molecule has 1 aliphatic heterocycles.